The maximum Gasteiger partial charge on any atom is 0.522 e. The van der Waals surface area contributed by atoms with Gasteiger partial charge in [-0.3, -0.25) is 23.9 Å². The fourth-order valence-electron chi connectivity index (χ4n) is 5.77. The number of ketones is 1. The molecule has 4 fully saturated rings. The van der Waals surface area contributed by atoms with Crippen molar-refractivity contribution in [1.82, 2.24) is 10.2 Å². The molecule has 3 N–H and O–H groups in total. The quantitative estimate of drug-likeness (QED) is 0.527. The van der Waals surface area contributed by atoms with Crippen LogP contribution in [0.1, 0.15) is 38.5 Å². The summed E-state index contributed by atoms with van der Waals surface area (Å²) in [6.45, 7) is -0.0389. The molecular weight excluding hydrogens is 447 g/mol. The summed E-state index contributed by atoms with van der Waals surface area (Å²) in [4.78, 5) is 51.3. The Balaban J connectivity index is 1.50. The van der Waals surface area contributed by atoms with Crippen molar-refractivity contribution in [2.24, 2.45) is 28.9 Å². The van der Waals surface area contributed by atoms with Gasteiger partial charge in [0.05, 0.1) is 0 Å². The van der Waals surface area contributed by atoms with Crippen molar-refractivity contribution >= 4 is 23.5 Å². The van der Waals surface area contributed by atoms with Crippen molar-refractivity contribution in [2.45, 2.75) is 57.0 Å². The molecule has 0 radical (unpaired) electrons. The first-order valence-electron chi connectivity index (χ1n) is 11.2. The van der Waals surface area contributed by atoms with E-state index >= 15 is 0 Å². The van der Waals surface area contributed by atoms with Crippen molar-refractivity contribution in [3.63, 3.8) is 0 Å². The van der Waals surface area contributed by atoms with E-state index in [0.29, 0.717) is 32.4 Å². The summed E-state index contributed by atoms with van der Waals surface area (Å²) in [5.74, 6) is -3.61. The molecule has 0 aromatic heterocycles. The topological polar surface area (TPSA) is 128 Å². The minimum atomic E-state index is -4.94. The summed E-state index contributed by atoms with van der Waals surface area (Å²) in [6, 6.07) is -0.858. The van der Waals surface area contributed by atoms with Gasteiger partial charge in [0.2, 0.25) is 11.8 Å². The third-order valence-electron chi connectivity index (χ3n) is 7.51. The fourth-order valence-corrected chi connectivity index (χ4v) is 5.77. The predicted octanol–water partition coefficient (Wildman–Crippen LogP) is 0.506. The summed E-state index contributed by atoms with van der Waals surface area (Å²) in [6.07, 6.45) is -2.99. The molecule has 12 heteroatoms. The monoisotopic (exact) mass is 475 g/mol. The molecule has 3 heterocycles. The number of amides is 3. The molecule has 1 aliphatic carbocycles. The van der Waals surface area contributed by atoms with E-state index in [1.807, 2.05) is 0 Å². The van der Waals surface area contributed by atoms with Gasteiger partial charge in [0.25, 0.3) is 5.91 Å². The van der Waals surface area contributed by atoms with E-state index < -0.39 is 54.1 Å². The van der Waals surface area contributed by atoms with E-state index in [9.17, 15) is 32.3 Å². The highest BCUT2D eigenvalue weighted by Gasteiger charge is 2.65. The molecular formula is C21H28F3N3O6. The molecule has 6 atom stereocenters. The third kappa shape index (κ3) is 5.01. The van der Waals surface area contributed by atoms with Crippen LogP contribution in [-0.2, 0) is 28.7 Å². The zero-order valence-electron chi connectivity index (χ0n) is 18.1. The van der Waals surface area contributed by atoms with Crippen LogP contribution in [0.5, 0.6) is 0 Å². The van der Waals surface area contributed by atoms with Gasteiger partial charge in [0.1, 0.15) is 18.8 Å². The Kier molecular flexibility index (Phi) is 6.43. The van der Waals surface area contributed by atoms with E-state index in [4.69, 9.17) is 10.5 Å². The summed E-state index contributed by atoms with van der Waals surface area (Å²) in [5, 5.41) is 2.68. The van der Waals surface area contributed by atoms with E-state index in [2.05, 4.69) is 10.1 Å². The van der Waals surface area contributed by atoms with Crippen molar-refractivity contribution in [3.05, 3.63) is 0 Å². The smallest absolute Gasteiger partial charge is 0.368 e. The summed E-state index contributed by atoms with van der Waals surface area (Å²) in [5.41, 5.74) is 4.97. The molecule has 1 saturated carbocycles. The van der Waals surface area contributed by atoms with Gasteiger partial charge in [-0.05, 0) is 49.9 Å². The molecule has 4 aliphatic rings. The molecule has 184 valence electrons. The lowest BCUT2D eigenvalue weighted by Crippen LogP contribution is -2.47. The van der Waals surface area contributed by atoms with E-state index in [0.717, 1.165) is 6.42 Å². The first kappa shape index (κ1) is 23.9. The lowest BCUT2D eigenvalue weighted by Gasteiger charge is -2.25. The number of ether oxygens (including phenoxy) is 2. The molecule has 1 spiro atoms. The van der Waals surface area contributed by atoms with Crippen molar-refractivity contribution in [1.29, 1.82) is 0 Å². The lowest BCUT2D eigenvalue weighted by molar-refractivity contribution is -0.321. The van der Waals surface area contributed by atoms with Gasteiger partial charge in [0.15, 0.2) is 5.78 Å². The summed E-state index contributed by atoms with van der Waals surface area (Å²) >= 11 is 0. The number of rotatable bonds is 8. The molecule has 3 saturated heterocycles. The highest BCUT2D eigenvalue weighted by atomic mass is 19.4. The Bertz CT molecular complexity index is 831. The average Bonchev–Trinajstić information content (AvgIpc) is 3.17. The Morgan fingerprint density at radius 2 is 2.03 bits per heavy atom. The normalized spacial score (nSPS) is 34.5. The van der Waals surface area contributed by atoms with Crippen molar-refractivity contribution < 1.29 is 41.8 Å². The Morgan fingerprint density at radius 1 is 1.27 bits per heavy atom. The van der Waals surface area contributed by atoms with Gasteiger partial charge in [0, 0.05) is 31.5 Å². The number of alkyl halides is 3. The number of nitrogens with two attached hydrogens (primary N) is 1. The van der Waals surface area contributed by atoms with Gasteiger partial charge in [-0.1, -0.05) is 0 Å². The molecule has 4 rings (SSSR count). The molecule has 33 heavy (non-hydrogen) atoms. The zero-order chi connectivity index (χ0) is 24.0. The summed E-state index contributed by atoms with van der Waals surface area (Å²) < 4.78 is 46.8. The largest absolute Gasteiger partial charge is 0.522 e. The first-order chi connectivity index (χ1) is 15.5. The number of nitrogens with zero attached hydrogens (tertiary/aromatic N) is 1. The second-order valence-electron chi connectivity index (χ2n) is 9.58. The lowest BCUT2D eigenvalue weighted by atomic mass is 9.83. The minimum Gasteiger partial charge on any atom is -0.368 e. The number of primary amides is 1. The number of hydrogen-bond acceptors (Lipinski definition) is 6. The van der Waals surface area contributed by atoms with Gasteiger partial charge in [-0.25, -0.2) is 0 Å². The molecule has 9 nitrogen and oxygen atoms in total. The van der Waals surface area contributed by atoms with Gasteiger partial charge in [-0.2, -0.15) is 0 Å². The second-order valence-corrected chi connectivity index (χ2v) is 9.58. The number of nitrogens with one attached hydrogen (secondary N) is 1. The first-order valence-corrected chi connectivity index (χ1v) is 11.2. The Labute approximate surface area is 188 Å². The minimum absolute atomic E-state index is 0.110. The van der Waals surface area contributed by atoms with Crippen molar-refractivity contribution in [2.75, 3.05) is 26.3 Å². The van der Waals surface area contributed by atoms with Crippen LogP contribution in [0, 0.1) is 23.2 Å². The second kappa shape index (κ2) is 8.86. The number of Topliss-reactive ketones (excluding diaryl/α,β-unsaturated/α-hetero) is 1. The van der Waals surface area contributed by atoms with Crippen LogP contribution in [-0.4, -0.2) is 73.2 Å². The molecule has 3 amide bonds. The van der Waals surface area contributed by atoms with E-state index in [1.54, 1.807) is 0 Å². The van der Waals surface area contributed by atoms with E-state index in [-0.39, 0.29) is 37.1 Å². The third-order valence-corrected chi connectivity index (χ3v) is 7.51. The predicted molar refractivity (Wildman–Crippen MR) is 105 cm³/mol. The number of carbonyl (C=O) groups excluding carboxylic acids is 4. The molecule has 3 unspecified atom stereocenters. The highest BCUT2D eigenvalue weighted by Crippen LogP contribution is 2.64. The van der Waals surface area contributed by atoms with Crippen LogP contribution in [0.25, 0.3) is 0 Å². The Morgan fingerprint density at radius 3 is 2.61 bits per heavy atom. The number of hydrogen-bond donors (Lipinski definition) is 2. The van der Waals surface area contributed by atoms with Crippen LogP contribution in [0.3, 0.4) is 0 Å². The van der Waals surface area contributed by atoms with Crippen molar-refractivity contribution in [3.8, 4) is 0 Å². The van der Waals surface area contributed by atoms with Gasteiger partial charge in [-0.15, -0.1) is 13.2 Å². The van der Waals surface area contributed by atoms with Crippen LogP contribution in [0.15, 0.2) is 0 Å². The standard InChI is InChI=1S/C21H28F3N3O6/c22-21(23,24)33-9-15(28)12(6-11-3-4-26-18(11)30)13-7-20(13)8-14(17(25)29)27(10-20)19(31)16-2-1-5-32-16/h11-14,16H,1-10H2,(H2,25,29)(H,26,30)/t11-,12+,13?,14?,16-,20?/m1/s1. The molecule has 0 bridgehead atoms. The molecule has 0 aromatic rings. The number of carbonyl (C=O) groups is 4. The number of halogens is 3. The maximum atomic E-state index is 13.0. The molecule has 3 aliphatic heterocycles. The van der Waals surface area contributed by atoms with Crippen LogP contribution in [0.4, 0.5) is 13.2 Å². The van der Waals surface area contributed by atoms with Crippen LogP contribution in [0.2, 0.25) is 0 Å². The van der Waals surface area contributed by atoms with Crippen LogP contribution >= 0.6 is 0 Å². The Hall–Kier alpha value is -2.21. The highest BCUT2D eigenvalue weighted by molar-refractivity contribution is 5.90. The maximum absolute atomic E-state index is 13.0. The SMILES string of the molecule is NC(=O)C1CC2(CC2[C@H](C[C@H]2CCNC2=O)C(=O)COC(F)(F)F)CN1C(=O)[C@H]1CCCO1. The van der Waals surface area contributed by atoms with Gasteiger partial charge < -0.3 is 20.7 Å². The zero-order valence-corrected chi connectivity index (χ0v) is 18.1. The summed E-state index contributed by atoms with van der Waals surface area (Å²) in [7, 11) is 0. The average molecular weight is 475 g/mol. The van der Waals surface area contributed by atoms with Crippen LogP contribution < -0.4 is 11.1 Å². The molecule has 0 aromatic carbocycles. The van der Waals surface area contributed by atoms with E-state index in [1.165, 1.54) is 4.90 Å². The van der Waals surface area contributed by atoms with Gasteiger partial charge >= 0.3 is 6.36 Å². The number of likely N-dealkylation sites (tertiary alicyclic amines) is 1. The fraction of sp³-hybridized carbons (Fsp3) is 0.810.